The predicted octanol–water partition coefficient (Wildman–Crippen LogP) is 3.58. The molecule has 1 aromatic carbocycles. The molecule has 2 fully saturated rings. The molecule has 2 bridgehead atoms. The van der Waals surface area contributed by atoms with Crippen LogP contribution in [0.5, 0.6) is 0 Å². The zero-order chi connectivity index (χ0) is 20.5. The lowest BCUT2D eigenvalue weighted by molar-refractivity contribution is -0.137. The van der Waals surface area contributed by atoms with Gasteiger partial charge in [-0.2, -0.15) is 0 Å². The van der Waals surface area contributed by atoms with Crippen LogP contribution in [0.1, 0.15) is 44.1 Å². The van der Waals surface area contributed by atoms with Gasteiger partial charge in [0.25, 0.3) is 5.17 Å². The maximum atomic E-state index is 10.6. The summed E-state index contributed by atoms with van der Waals surface area (Å²) >= 11 is 5.24. The van der Waals surface area contributed by atoms with Gasteiger partial charge in [0.2, 0.25) is 0 Å². The number of fused-ring (bicyclic) bond motifs is 2. The molecule has 3 N–H and O–H groups in total. The van der Waals surface area contributed by atoms with Gasteiger partial charge in [-0.3, -0.25) is 10.2 Å². The number of allylic oxidation sites excluding steroid dienone is 2. The molecule has 0 saturated carbocycles. The molecule has 7 heteroatoms. The van der Waals surface area contributed by atoms with Crippen LogP contribution in [-0.2, 0) is 20.9 Å². The topological polar surface area (TPSA) is 79.8 Å². The summed E-state index contributed by atoms with van der Waals surface area (Å²) in [5.41, 5.74) is 7.28. The molecule has 29 heavy (non-hydrogen) atoms. The summed E-state index contributed by atoms with van der Waals surface area (Å²) in [6.45, 7) is 1.22. The van der Waals surface area contributed by atoms with Gasteiger partial charge >= 0.3 is 5.97 Å². The van der Waals surface area contributed by atoms with Crippen LogP contribution in [0.15, 0.2) is 42.5 Å². The standard InChI is InChI=1S/C22H30N2O4S/c25-21(26)11-7-2-1-6-10-17-18(20-13-12-19(17)28-20)14-23-24-22(29)27-15-16-8-4-3-5-9-16/h1,3-6,8-9,17-20,23H,2,7,10-15H2,(H,24,29)(H,25,26)/b6-1-/t17-,18-,19-,20+/m1/s1. The van der Waals surface area contributed by atoms with Crippen LogP contribution in [-0.4, -0.2) is 35.0 Å². The van der Waals surface area contributed by atoms with E-state index in [0.29, 0.717) is 42.2 Å². The van der Waals surface area contributed by atoms with Crippen LogP contribution < -0.4 is 10.9 Å². The first kappa shape index (κ1) is 21.7. The first-order chi connectivity index (χ1) is 14.1. The summed E-state index contributed by atoms with van der Waals surface area (Å²) in [6, 6.07) is 9.93. The first-order valence-electron chi connectivity index (χ1n) is 10.4. The fourth-order valence-corrected chi connectivity index (χ4v) is 4.35. The van der Waals surface area contributed by atoms with Crippen LogP contribution >= 0.6 is 12.2 Å². The molecular weight excluding hydrogens is 388 g/mol. The van der Waals surface area contributed by atoms with Crippen LogP contribution in [0.4, 0.5) is 0 Å². The number of nitrogens with one attached hydrogen (secondary N) is 2. The minimum atomic E-state index is -0.732. The molecule has 0 aliphatic carbocycles. The number of aliphatic carboxylic acids is 1. The summed E-state index contributed by atoms with van der Waals surface area (Å²) in [6.07, 6.45) is 9.86. The van der Waals surface area contributed by atoms with E-state index in [1.807, 2.05) is 30.3 Å². The maximum absolute atomic E-state index is 10.6. The summed E-state index contributed by atoms with van der Waals surface area (Å²) < 4.78 is 11.7. The molecule has 2 aliphatic rings. The highest BCUT2D eigenvalue weighted by atomic mass is 32.1. The van der Waals surface area contributed by atoms with Gasteiger partial charge in [-0.05, 0) is 55.8 Å². The van der Waals surface area contributed by atoms with E-state index in [1.165, 1.54) is 0 Å². The molecule has 0 aromatic heterocycles. The second-order valence-corrected chi connectivity index (χ2v) is 8.05. The van der Waals surface area contributed by atoms with Crippen LogP contribution in [0.2, 0.25) is 0 Å². The zero-order valence-electron chi connectivity index (χ0n) is 16.6. The quantitative estimate of drug-likeness (QED) is 0.219. The Morgan fingerprint density at radius 3 is 2.72 bits per heavy atom. The van der Waals surface area contributed by atoms with Gasteiger partial charge < -0.3 is 14.6 Å². The highest BCUT2D eigenvalue weighted by molar-refractivity contribution is 7.80. The number of benzene rings is 1. The molecule has 1 aromatic rings. The monoisotopic (exact) mass is 418 g/mol. The number of ether oxygens (including phenoxy) is 2. The number of carboxylic acid groups (broad SMARTS) is 1. The number of hydrogen-bond donors (Lipinski definition) is 3. The molecule has 0 spiro atoms. The third-order valence-corrected chi connectivity index (χ3v) is 5.89. The van der Waals surface area contributed by atoms with Crippen molar-refractivity contribution in [1.29, 1.82) is 0 Å². The molecule has 4 atom stereocenters. The van der Waals surface area contributed by atoms with E-state index in [-0.39, 0.29) is 6.42 Å². The lowest BCUT2D eigenvalue weighted by atomic mass is 9.77. The molecule has 158 valence electrons. The summed E-state index contributed by atoms with van der Waals surface area (Å²) in [7, 11) is 0. The Morgan fingerprint density at radius 1 is 1.21 bits per heavy atom. The van der Waals surface area contributed by atoms with Gasteiger partial charge in [-0.1, -0.05) is 42.5 Å². The van der Waals surface area contributed by atoms with Gasteiger partial charge in [0, 0.05) is 18.9 Å². The van der Waals surface area contributed by atoms with Crippen LogP contribution in [0.25, 0.3) is 0 Å². The Balaban J connectivity index is 1.36. The lowest BCUT2D eigenvalue weighted by Crippen LogP contribution is -2.44. The molecule has 6 nitrogen and oxygen atoms in total. The predicted molar refractivity (Wildman–Crippen MR) is 115 cm³/mol. The maximum Gasteiger partial charge on any atom is 0.303 e. The fourth-order valence-electron chi connectivity index (χ4n) is 4.22. The number of carboxylic acids is 1. The largest absolute Gasteiger partial charge is 0.481 e. The Morgan fingerprint density at radius 2 is 1.97 bits per heavy atom. The van der Waals surface area contributed by atoms with Gasteiger partial charge in [0.15, 0.2) is 0 Å². The Bertz CT molecular complexity index is 697. The highest BCUT2D eigenvalue weighted by Gasteiger charge is 2.47. The van der Waals surface area contributed by atoms with Crippen molar-refractivity contribution in [3.8, 4) is 0 Å². The number of hydrazine groups is 1. The highest BCUT2D eigenvalue weighted by Crippen LogP contribution is 2.44. The van der Waals surface area contributed by atoms with Crippen molar-refractivity contribution in [2.45, 2.75) is 57.3 Å². The van der Waals surface area contributed by atoms with Crippen molar-refractivity contribution in [1.82, 2.24) is 10.9 Å². The van der Waals surface area contributed by atoms with Crippen molar-refractivity contribution in [3.63, 3.8) is 0 Å². The second-order valence-electron chi connectivity index (χ2n) is 7.68. The number of rotatable bonds is 11. The first-order valence-corrected chi connectivity index (χ1v) is 10.8. The van der Waals surface area contributed by atoms with Crippen molar-refractivity contribution in [3.05, 3.63) is 48.0 Å². The van der Waals surface area contributed by atoms with E-state index in [4.69, 9.17) is 26.8 Å². The number of carbonyl (C=O) groups is 1. The minimum absolute atomic E-state index is 0.228. The van der Waals surface area contributed by atoms with Crippen molar-refractivity contribution < 1.29 is 19.4 Å². The van der Waals surface area contributed by atoms with Gasteiger partial charge in [0.1, 0.15) is 6.61 Å². The van der Waals surface area contributed by atoms with Crippen molar-refractivity contribution >= 4 is 23.4 Å². The Hall–Kier alpha value is -1.96. The zero-order valence-corrected chi connectivity index (χ0v) is 17.4. The third-order valence-electron chi connectivity index (χ3n) is 5.67. The van der Waals surface area contributed by atoms with Gasteiger partial charge in [-0.25, -0.2) is 5.43 Å². The minimum Gasteiger partial charge on any atom is -0.481 e. The van der Waals surface area contributed by atoms with Gasteiger partial charge in [0.05, 0.1) is 12.2 Å². The fraction of sp³-hybridized carbons (Fsp3) is 0.545. The van der Waals surface area contributed by atoms with Crippen molar-refractivity contribution in [2.24, 2.45) is 11.8 Å². The van der Waals surface area contributed by atoms with E-state index in [2.05, 4.69) is 23.0 Å². The molecule has 0 unspecified atom stereocenters. The molecule has 0 radical (unpaired) electrons. The number of unbranched alkanes of at least 4 members (excludes halogenated alkanes) is 1. The molecule has 0 amide bonds. The number of hydrogen-bond acceptors (Lipinski definition) is 5. The average Bonchev–Trinajstić information content (AvgIpc) is 3.32. The lowest BCUT2D eigenvalue weighted by Gasteiger charge is -2.27. The number of thiocarbonyl (C=S) groups is 1. The van der Waals surface area contributed by atoms with Crippen LogP contribution in [0.3, 0.4) is 0 Å². The molecule has 3 rings (SSSR count). The van der Waals surface area contributed by atoms with E-state index < -0.39 is 5.97 Å². The SMILES string of the molecule is O=C(O)CCC/C=C\C[C@@H]1[C@@H](CNNC(=S)OCc2ccccc2)[C@@H]2CC[C@H]1O2. The smallest absolute Gasteiger partial charge is 0.303 e. The summed E-state index contributed by atoms with van der Waals surface area (Å²) in [5, 5.41) is 9.03. The molecule has 2 saturated heterocycles. The Kier molecular flexibility index (Phi) is 8.46. The average molecular weight is 419 g/mol. The van der Waals surface area contributed by atoms with E-state index in [0.717, 1.165) is 37.8 Å². The van der Waals surface area contributed by atoms with E-state index in [1.54, 1.807) is 0 Å². The van der Waals surface area contributed by atoms with E-state index in [9.17, 15) is 4.79 Å². The van der Waals surface area contributed by atoms with Gasteiger partial charge in [-0.15, -0.1) is 0 Å². The van der Waals surface area contributed by atoms with Crippen LogP contribution in [0, 0.1) is 11.8 Å². The van der Waals surface area contributed by atoms with Crippen molar-refractivity contribution in [2.75, 3.05) is 6.54 Å². The summed E-state index contributed by atoms with van der Waals surface area (Å²) in [4.78, 5) is 10.6. The second kappa shape index (κ2) is 11.3. The normalized spacial score (nSPS) is 25.4. The van der Waals surface area contributed by atoms with E-state index >= 15 is 0 Å². The molecule has 2 heterocycles. The molecule has 2 aliphatic heterocycles. The Labute approximate surface area is 177 Å². The third kappa shape index (κ3) is 6.80. The summed E-state index contributed by atoms with van der Waals surface area (Å²) in [5.74, 6) is 0.184. The molecular formula is C22H30N2O4S.